The number of allylic oxidation sites excluding steroid dienone is 18. The molecule has 5 unspecified atom stereocenters. The van der Waals surface area contributed by atoms with Crippen molar-refractivity contribution in [1.29, 1.82) is 0 Å². The van der Waals surface area contributed by atoms with E-state index in [0.717, 1.165) is 135 Å². The molecule has 0 aliphatic heterocycles. The lowest BCUT2D eigenvalue weighted by molar-refractivity contribution is -0.161. The molecule has 16 nitrogen and oxygen atoms in total. The van der Waals surface area contributed by atoms with E-state index in [1.54, 1.807) is 0 Å². The maximum atomic E-state index is 13.0. The molecule has 101 heavy (non-hydrogen) atoms. The van der Waals surface area contributed by atoms with Crippen molar-refractivity contribution in [2.75, 3.05) is 39.6 Å². The molecular formula is C83H146O16P2. The topological polar surface area (TPSA) is 231 Å². The maximum Gasteiger partial charge on any atom is 0.472 e. The standard InChI is InChI=1S/C83H146O16P2/c1-4-7-10-13-16-19-22-25-28-30-32-34-35-36-37-38-39-40-41-43-45-46-49-51-54-57-60-63-66-69-81(86)93-72-78(84)73-95-100(89,90)96-74-79(85)75-97-101(91,92)98-77-80(99-83(88)71-68-65-62-59-56-53-48-27-24-21-18-15-12-9-6-3)76-94-82(87)70-67-64-61-58-55-52-50-47-44-42-33-31-29-26-23-20-17-14-11-8-5-2/h16-17,19-20,25-29,32-34,36-37,42,47-48,50,78-80,84-85H,4-15,18,21-24,30-31,35,38-41,43-46,49,51-77H2,1-3H3,(H,89,90)(H,91,92)/b19-16-,20-17-,28-25-,29-26-,34-32-,37-36-,42-33-,48-27-,50-47-. The van der Waals surface area contributed by atoms with Crippen LogP contribution in [0.3, 0.4) is 0 Å². The third-order valence-corrected chi connectivity index (χ3v) is 18.8. The molecule has 0 aromatic rings. The number of carbonyl (C=O) groups excluding carboxylic acids is 3. The third-order valence-electron chi connectivity index (χ3n) is 16.9. The molecule has 584 valence electrons. The number of phosphoric ester groups is 2. The number of carbonyl (C=O) groups is 3. The minimum atomic E-state index is -4.94. The number of unbranched alkanes of at least 4 members (excludes halogenated alkanes) is 35. The quantitative estimate of drug-likeness (QED) is 0.0146. The first-order chi connectivity index (χ1) is 49.2. The van der Waals surface area contributed by atoms with Gasteiger partial charge in [-0.2, -0.15) is 0 Å². The van der Waals surface area contributed by atoms with Crippen LogP contribution in [-0.4, -0.2) is 95.9 Å². The molecule has 0 amide bonds. The second-order valence-corrected chi connectivity index (χ2v) is 29.8. The van der Waals surface area contributed by atoms with Crippen molar-refractivity contribution >= 4 is 33.6 Å². The maximum absolute atomic E-state index is 13.0. The van der Waals surface area contributed by atoms with Gasteiger partial charge in [0, 0.05) is 19.3 Å². The number of aliphatic hydroxyl groups excluding tert-OH is 2. The molecule has 4 N–H and O–H groups in total. The fourth-order valence-corrected chi connectivity index (χ4v) is 12.4. The van der Waals surface area contributed by atoms with E-state index in [2.05, 4.69) is 130 Å². The van der Waals surface area contributed by atoms with Gasteiger partial charge in [-0.3, -0.25) is 32.5 Å². The smallest absolute Gasteiger partial charge is 0.463 e. The lowest BCUT2D eigenvalue weighted by atomic mass is 10.0. The van der Waals surface area contributed by atoms with Crippen molar-refractivity contribution in [3.8, 4) is 0 Å². The van der Waals surface area contributed by atoms with Gasteiger partial charge in [0.1, 0.15) is 25.4 Å². The van der Waals surface area contributed by atoms with Gasteiger partial charge in [0.25, 0.3) is 0 Å². The normalized spacial score (nSPS) is 14.6. The van der Waals surface area contributed by atoms with E-state index in [9.17, 15) is 43.5 Å². The second-order valence-electron chi connectivity index (χ2n) is 26.9. The fraction of sp³-hybridized carbons (Fsp3) is 0.747. The van der Waals surface area contributed by atoms with Crippen LogP contribution in [-0.2, 0) is 55.8 Å². The first kappa shape index (κ1) is 97.2. The van der Waals surface area contributed by atoms with E-state index in [4.69, 9.17) is 32.3 Å². The van der Waals surface area contributed by atoms with Gasteiger partial charge in [-0.25, -0.2) is 9.13 Å². The number of esters is 3. The summed E-state index contributed by atoms with van der Waals surface area (Å²) in [4.78, 5) is 58.6. The molecule has 0 aromatic carbocycles. The van der Waals surface area contributed by atoms with E-state index < -0.39 is 91.5 Å². The molecule has 0 fully saturated rings. The highest BCUT2D eigenvalue weighted by Crippen LogP contribution is 2.45. The molecule has 5 atom stereocenters. The Labute approximate surface area is 615 Å². The van der Waals surface area contributed by atoms with Crippen molar-refractivity contribution in [1.82, 2.24) is 0 Å². The molecule has 0 rings (SSSR count). The van der Waals surface area contributed by atoms with Crippen molar-refractivity contribution in [2.24, 2.45) is 0 Å². The SMILES string of the molecule is CCCCC/C=C\C/C=C\C/C=C\C/C=C\CCCCCCCCCCCCCCCC(=O)OCC(O)COP(=O)(O)OCC(O)COP(=O)(O)OCC(COC(=O)CCCCCCC/C=C\C/C=C\C/C=C\C/C=C\CCCCC)OC(=O)CCCCCCC/C=C\CCCCCCCC. The molecule has 18 heteroatoms. The lowest BCUT2D eigenvalue weighted by Gasteiger charge is -2.21. The predicted molar refractivity (Wildman–Crippen MR) is 417 cm³/mol. The molecule has 0 bridgehead atoms. The number of phosphoric acid groups is 2. The van der Waals surface area contributed by atoms with E-state index in [1.807, 2.05) is 0 Å². The summed E-state index contributed by atoms with van der Waals surface area (Å²) < 4.78 is 61.1. The van der Waals surface area contributed by atoms with Crippen molar-refractivity contribution in [3.63, 3.8) is 0 Å². The first-order valence-corrected chi connectivity index (χ1v) is 43.2. The Morgan fingerprint density at radius 3 is 0.812 bits per heavy atom. The Bertz CT molecular complexity index is 2270. The summed E-state index contributed by atoms with van der Waals surface area (Å²) in [7, 11) is -9.79. The Balaban J connectivity index is 4.54. The lowest BCUT2D eigenvalue weighted by Crippen LogP contribution is -2.30. The number of hydrogen-bond acceptors (Lipinski definition) is 14. The zero-order chi connectivity index (χ0) is 73.7. The molecule has 0 aliphatic rings. The fourth-order valence-electron chi connectivity index (χ4n) is 10.8. The van der Waals surface area contributed by atoms with Gasteiger partial charge in [-0.05, 0) is 135 Å². The highest BCUT2D eigenvalue weighted by Gasteiger charge is 2.29. The highest BCUT2D eigenvalue weighted by atomic mass is 31.2. The van der Waals surface area contributed by atoms with Crippen LogP contribution < -0.4 is 0 Å². The molecule has 0 heterocycles. The van der Waals surface area contributed by atoms with E-state index in [1.165, 1.54) is 148 Å². The summed E-state index contributed by atoms with van der Waals surface area (Å²) in [5, 5.41) is 20.6. The number of aliphatic hydroxyl groups is 2. The summed E-state index contributed by atoms with van der Waals surface area (Å²) in [5.41, 5.74) is 0. The predicted octanol–water partition coefficient (Wildman–Crippen LogP) is 23.5. The van der Waals surface area contributed by atoms with E-state index in [-0.39, 0.29) is 19.3 Å². The Morgan fingerprint density at radius 1 is 0.277 bits per heavy atom. The molecule has 0 radical (unpaired) electrons. The monoisotopic (exact) mass is 1460 g/mol. The molecule has 0 aliphatic carbocycles. The van der Waals surface area contributed by atoms with E-state index >= 15 is 0 Å². The average Bonchev–Trinajstić information content (AvgIpc) is 1.14. The minimum Gasteiger partial charge on any atom is -0.463 e. The largest absolute Gasteiger partial charge is 0.472 e. The van der Waals surface area contributed by atoms with Gasteiger partial charge in [-0.1, -0.05) is 297 Å². The first-order valence-electron chi connectivity index (χ1n) is 40.2. The molecule has 0 spiro atoms. The van der Waals surface area contributed by atoms with Crippen LogP contribution in [0.5, 0.6) is 0 Å². The van der Waals surface area contributed by atoms with Gasteiger partial charge in [0.2, 0.25) is 0 Å². The van der Waals surface area contributed by atoms with Gasteiger partial charge in [-0.15, -0.1) is 0 Å². The van der Waals surface area contributed by atoms with Crippen LogP contribution in [0, 0.1) is 0 Å². The molecule has 0 saturated heterocycles. The minimum absolute atomic E-state index is 0.0898. The van der Waals surface area contributed by atoms with Crippen molar-refractivity contribution in [2.45, 2.75) is 360 Å². The summed E-state index contributed by atoms with van der Waals surface area (Å²) in [5.74, 6) is -1.60. The van der Waals surface area contributed by atoms with Crippen LogP contribution in [0.15, 0.2) is 109 Å². The second kappa shape index (κ2) is 75.9. The van der Waals surface area contributed by atoms with Crippen LogP contribution in [0.4, 0.5) is 0 Å². The molecule has 0 saturated carbocycles. The molecular weight excluding hydrogens is 1310 g/mol. The number of hydrogen-bond donors (Lipinski definition) is 4. The zero-order valence-corrected chi connectivity index (χ0v) is 65.6. The van der Waals surface area contributed by atoms with Gasteiger partial charge in [0.15, 0.2) is 6.10 Å². The zero-order valence-electron chi connectivity index (χ0n) is 63.8. The van der Waals surface area contributed by atoms with Crippen LogP contribution in [0.1, 0.15) is 342 Å². The molecule has 0 aromatic heterocycles. The number of rotatable bonds is 76. The van der Waals surface area contributed by atoms with Gasteiger partial charge < -0.3 is 34.2 Å². The van der Waals surface area contributed by atoms with Crippen LogP contribution >= 0.6 is 15.6 Å². The van der Waals surface area contributed by atoms with E-state index in [0.29, 0.717) is 19.3 Å². The Morgan fingerprint density at radius 2 is 0.495 bits per heavy atom. The van der Waals surface area contributed by atoms with Crippen molar-refractivity contribution < 1.29 is 75.8 Å². The van der Waals surface area contributed by atoms with Crippen LogP contribution in [0.2, 0.25) is 0 Å². The summed E-state index contributed by atoms with van der Waals surface area (Å²) in [6, 6.07) is 0. The summed E-state index contributed by atoms with van der Waals surface area (Å²) in [6.45, 7) is 2.61. The third kappa shape index (κ3) is 77.1. The Hall–Kier alpha value is -3.79. The Kier molecular flexibility index (Phi) is 73.0. The average molecular weight is 1460 g/mol. The van der Waals surface area contributed by atoms with Gasteiger partial charge >= 0.3 is 33.6 Å². The summed E-state index contributed by atoms with van der Waals surface area (Å²) in [6.07, 6.45) is 88.5. The van der Waals surface area contributed by atoms with Crippen molar-refractivity contribution in [3.05, 3.63) is 109 Å². The summed E-state index contributed by atoms with van der Waals surface area (Å²) >= 11 is 0. The van der Waals surface area contributed by atoms with Gasteiger partial charge in [0.05, 0.1) is 26.4 Å². The highest BCUT2D eigenvalue weighted by molar-refractivity contribution is 7.47. The number of ether oxygens (including phenoxy) is 3. The van der Waals surface area contributed by atoms with Crippen LogP contribution in [0.25, 0.3) is 0 Å².